The number of imidazole rings is 1. The molecule has 0 aliphatic carbocycles. The Bertz CT molecular complexity index is 2830. The van der Waals surface area contributed by atoms with Crippen molar-refractivity contribution in [3.05, 3.63) is 156 Å². The van der Waals surface area contributed by atoms with E-state index in [2.05, 4.69) is 131 Å². The van der Waals surface area contributed by atoms with Crippen molar-refractivity contribution in [3.63, 3.8) is 0 Å². The number of aromatic nitrogens is 4. The molecular weight excluding hydrogens is 837 g/mol. The number of rotatable bonds is 2. The summed E-state index contributed by atoms with van der Waals surface area (Å²) in [6, 6.07) is 43.5. The Kier molecular flexibility index (Phi) is 7.45. The number of para-hydroxylation sites is 1. The number of aryl methyl sites for hydroxylation is 1. The summed E-state index contributed by atoms with van der Waals surface area (Å²) in [5, 5.41) is 7.25. The molecule has 2 aliphatic heterocycles. The Hall–Kier alpha value is -4.83. The first-order valence-corrected chi connectivity index (χ1v) is 18.5. The van der Waals surface area contributed by atoms with Crippen molar-refractivity contribution in [3.8, 4) is 28.1 Å². The molecule has 8 aromatic rings. The Morgan fingerprint density at radius 3 is 1.96 bits per heavy atom. The predicted molar refractivity (Wildman–Crippen MR) is 219 cm³/mol. The number of hydrogen-bond donors (Lipinski definition) is 0. The van der Waals surface area contributed by atoms with E-state index in [0.717, 1.165) is 55.5 Å². The maximum absolute atomic E-state index is 8.30. The van der Waals surface area contributed by atoms with Gasteiger partial charge in [0, 0.05) is 62.8 Å². The van der Waals surface area contributed by atoms with Crippen LogP contribution in [0.3, 0.4) is 0 Å². The zero-order valence-electron chi connectivity index (χ0n) is 35.1. The number of fused-ring (bicyclic) bond motifs is 6. The van der Waals surface area contributed by atoms with Crippen LogP contribution in [0.2, 0.25) is 0 Å². The molecule has 0 unspecified atom stereocenters. The first-order valence-electron chi connectivity index (χ1n) is 20.0. The fourth-order valence-corrected chi connectivity index (χ4v) is 8.93. The van der Waals surface area contributed by atoms with E-state index in [0.29, 0.717) is 5.56 Å². The largest absolute Gasteiger partial charge is 0.336 e. The summed E-state index contributed by atoms with van der Waals surface area (Å²) in [5.41, 5.74) is 12.0. The van der Waals surface area contributed by atoms with E-state index < -0.39 is 6.85 Å². The van der Waals surface area contributed by atoms with Gasteiger partial charge in [0.25, 0.3) is 0 Å². The molecule has 5 heterocycles. The van der Waals surface area contributed by atoms with E-state index in [4.69, 9.17) is 14.2 Å². The van der Waals surface area contributed by atoms with Crippen LogP contribution in [0.1, 0.15) is 87.6 Å². The summed E-state index contributed by atoms with van der Waals surface area (Å²) in [7, 11) is 0. The molecule has 0 saturated carbocycles. The molecule has 1 radical (unpaired) electrons. The maximum atomic E-state index is 8.30. The predicted octanol–water partition coefficient (Wildman–Crippen LogP) is 11.9. The molecule has 5 aromatic carbocycles. The third-order valence-corrected chi connectivity index (χ3v) is 13.2. The van der Waals surface area contributed by atoms with Gasteiger partial charge in [-0.3, -0.25) is 9.67 Å². The van der Waals surface area contributed by atoms with Crippen molar-refractivity contribution >= 4 is 27.3 Å². The van der Waals surface area contributed by atoms with Crippen molar-refractivity contribution in [1.29, 1.82) is 0 Å². The molecular formula is C49H46IrN4-2. The van der Waals surface area contributed by atoms with Crippen LogP contribution in [0.4, 0.5) is 0 Å². The molecule has 54 heavy (non-hydrogen) atoms. The summed E-state index contributed by atoms with van der Waals surface area (Å²) in [6.07, 6.45) is 2.00. The minimum atomic E-state index is -2.23. The quantitative estimate of drug-likeness (QED) is 0.128. The van der Waals surface area contributed by atoms with Gasteiger partial charge < -0.3 is 4.40 Å². The van der Waals surface area contributed by atoms with Gasteiger partial charge >= 0.3 is 0 Å². The molecule has 3 aromatic heterocycles. The minimum Gasteiger partial charge on any atom is -0.336 e. The molecule has 5 heteroatoms. The van der Waals surface area contributed by atoms with E-state index in [1.807, 2.05) is 54.7 Å². The van der Waals surface area contributed by atoms with Gasteiger partial charge in [-0.25, -0.2) is 0 Å². The topological polar surface area (TPSA) is 35.1 Å². The van der Waals surface area contributed by atoms with Crippen LogP contribution < -0.4 is 0 Å². The number of nitrogens with zero attached hydrogens (tertiary/aromatic N) is 4. The van der Waals surface area contributed by atoms with Crippen molar-refractivity contribution in [2.75, 3.05) is 0 Å². The fourth-order valence-electron chi connectivity index (χ4n) is 8.93. The van der Waals surface area contributed by atoms with Crippen molar-refractivity contribution in [2.24, 2.45) is 0 Å². The Morgan fingerprint density at radius 2 is 1.26 bits per heavy atom. The van der Waals surface area contributed by atoms with Crippen LogP contribution in [0, 0.1) is 19.0 Å². The van der Waals surface area contributed by atoms with Crippen LogP contribution in [-0.4, -0.2) is 19.2 Å². The molecule has 10 rings (SSSR count). The molecule has 0 saturated heterocycles. The van der Waals surface area contributed by atoms with E-state index in [9.17, 15) is 0 Å². The second-order valence-corrected chi connectivity index (χ2v) is 16.8. The molecule has 273 valence electrons. The Morgan fingerprint density at radius 1 is 0.630 bits per heavy atom. The summed E-state index contributed by atoms with van der Waals surface area (Å²) in [4.78, 5) is 5.21. The monoisotopic (exact) mass is 886 g/mol. The van der Waals surface area contributed by atoms with Crippen LogP contribution in [0.25, 0.3) is 55.4 Å². The summed E-state index contributed by atoms with van der Waals surface area (Å²) in [5.74, 6) is 0. The first-order chi connectivity index (χ1) is 26.5. The average molecular weight is 886 g/mol. The second-order valence-electron chi connectivity index (χ2n) is 16.8. The summed E-state index contributed by atoms with van der Waals surface area (Å²) < 4.78 is 29.2. The van der Waals surface area contributed by atoms with Gasteiger partial charge in [0.15, 0.2) is 0 Å². The normalized spacial score (nSPS) is 17.7. The third-order valence-electron chi connectivity index (χ3n) is 13.2. The van der Waals surface area contributed by atoms with E-state index in [-0.39, 0.29) is 41.8 Å². The molecule has 0 N–H and O–H groups in total. The molecule has 0 fully saturated rings. The standard InChI is InChI=1S/C28H25N2.C21H21N2.Ir/c1-17-15-16-21-24-22(17)19-13-9-10-14-20(19)26-29-23(18-11-7-6-8-12-18)25(30(24)26)28(4,5)27(21,2)3;1-20(2)17-12-8-9-13-18(17)23-19(21(20,3)4)16(14-22-23)15-10-6-5-7-11-15;/h6-13,15-16H,1-5H3;5-12,14H,1-4H3;/q2*-1;/i1D3;;. The fraction of sp³-hybridized carbons (Fsp3) is 0.265. The second kappa shape index (κ2) is 12.3. The van der Waals surface area contributed by atoms with Gasteiger partial charge in [0.05, 0.1) is 23.2 Å². The number of benzene rings is 5. The smallest absolute Gasteiger partial charge is 0.0810 e. The Balaban J connectivity index is 0.000000167. The van der Waals surface area contributed by atoms with Gasteiger partial charge in [-0.05, 0) is 34.5 Å². The van der Waals surface area contributed by atoms with E-state index >= 15 is 0 Å². The molecule has 0 bridgehead atoms. The summed E-state index contributed by atoms with van der Waals surface area (Å²) in [6.45, 7) is 16.1. The van der Waals surface area contributed by atoms with Gasteiger partial charge in [0.1, 0.15) is 0 Å². The molecule has 0 amide bonds. The van der Waals surface area contributed by atoms with Crippen LogP contribution >= 0.6 is 0 Å². The minimum absolute atomic E-state index is 0. The average Bonchev–Trinajstić information content (AvgIpc) is 3.82. The van der Waals surface area contributed by atoms with Gasteiger partial charge in [-0.1, -0.05) is 139 Å². The molecule has 2 aliphatic rings. The number of hydrogen-bond acceptors (Lipinski definition) is 2. The third kappa shape index (κ3) is 4.77. The zero-order valence-corrected chi connectivity index (χ0v) is 34.5. The van der Waals surface area contributed by atoms with E-state index in [1.54, 1.807) is 6.07 Å². The molecule has 4 nitrogen and oxygen atoms in total. The van der Waals surface area contributed by atoms with Crippen molar-refractivity contribution < 1.29 is 24.2 Å². The summed E-state index contributed by atoms with van der Waals surface area (Å²) >= 11 is 0. The van der Waals surface area contributed by atoms with Gasteiger partial charge in [-0.15, -0.1) is 35.2 Å². The van der Waals surface area contributed by atoms with Gasteiger partial charge in [0.2, 0.25) is 0 Å². The van der Waals surface area contributed by atoms with Crippen molar-refractivity contribution in [2.45, 2.75) is 83.9 Å². The van der Waals surface area contributed by atoms with Crippen LogP contribution in [0.5, 0.6) is 0 Å². The zero-order chi connectivity index (χ0) is 39.6. The molecule has 0 atom stereocenters. The van der Waals surface area contributed by atoms with Gasteiger partial charge in [-0.2, -0.15) is 29.4 Å². The van der Waals surface area contributed by atoms with Crippen LogP contribution in [-0.2, 0) is 41.8 Å². The Labute approximate surface area is 336 Å². The maximum Gasteiger partial charge on any atom is 0.0810 e. The molecule has 0 spiro atoms. The first kappa shape index (κ1) is 32.6. The van der Waals surface area contributed by atoms with Crippen LogP contribution in [0.15, 0.2) is 115 Å². The number of pyridine rings is 1. The van der Waals surface area contributed by atoms with Crippen molar-refractivity contribution in [1.82, 2.24) is 19.2 Å². The van der Waals surface area contributed by atoms with E-state index in [1.165, 1.54) is 22.4 Å². The SMILES string of the molecule is CC1(C)c2ccc[c-]c2-n2ncc(-c3ccccc3)c2C1(C)C.[2H]C([2H])([2H])c1ccc2c3c1c1ccc[c-]c1c1nc(-c4ccccc4)c(n13)C(C)(C)C2(C)C.[Ir].